The van der Waals surface area contributed by atoms with Crippen LogP contribution in [0.5, 0.6) is 0 Å². The van der Waals surface area contributed by atoms with Crippen LogP contribution in [0, 0.1) is 0 Å². The van der Waals surface area contributed by atoms with Crippen molar-refractivity contribution < 1.29 is 9.59 Å². The van der Waals surface area contributed by atoms with E-state index in [1.807, 2.05) is 60.7 Å². The first kappa shape index (κ1) is 19.2. The summed E-state index contributed by atoms with van der Waals surface area (Å²) in [7, 11) is 1.59. The molecule has 0 aliphatic heterocycles. The van der Waals surface area contributed by atoms with E-state index in [-0.39, 0.29) is 11.8 Å². The van der Waals surface area contributed by atoms with E-state index < -0.39 is 6.04 Å². The molecule has 3 N–H and O–H groups in total. The first-order valence-electron chi connectivity index (χ1n) is 9.12. The van der Waals surface area contributed by atoms with Gasteiger partial charge in [0, 0.05) is 29.5 Å². The van der Waals surface area contributed by atoms with E-state index in [0.29, 0.717) is 11.3 Å². The number of nitrogens with one attached hydrogen (secondary N) is 3. The lowest BCUT2D eigenvalue weighted by Gasteiger charge is -2.17. The zero-order valence-corrected chi connectivity index (χ0v) is 15.9. The molecule has 5 heteroatoms. The molecule has 0 fully saturated rings. The lowest BCUT2D eigenvalue weighted by Crippen LogP contribution is -2.32. The Morgan fingerprint density at radius 1 is 0.857 bits per heavy atom. The minimum atomic E-state index is -0.483. The maximum Gasteiger partial charge on any atom is 0.251 e. The molecule has 3 aromatic rings. The molecule has 3 rings (SSSR count). The van der Waals surface area contributed by atoms with Crippen molar-refractivity contribution in [2.24, 2.45) is 0 Å². The van der Waals surface area contributed by atoms with Crippen LogP contribution in [0.25, 0.3) is 11.1 Å². The average Bonchev–Trinajstić information content (AvgIpc) is 2.74. The van der Waals surface area contributed by atoms with E-state index >= 15 is 0 Å². The fourth-order valence-corrected chi connectivity index (χ4v) is 2.91. The predicted molar refractivity (Wildman–Crippen MR) is 113 cm³/mol. The van der Waals surface area contributed by atoms with Gasteiger partial charge in [-0.1, -0.05) is 54.6 Å². The van der Waals surface area contributed by atoms with Crippen LogP contribution in [-0.2, 0) is 4.79 Å². The molecule has 28 heavy (non-hydrogen) atoms. The summed E-state index contributed by atoms with van der Waals surface area (Å²) in [6.07, 6.45) is 0. The Morgan fingerprint density at radius 2 is 1.57 bits per heavy atom. The monoisotopic (exact) mass is 373 g/mol. The van der Waals surface area contributed by atoms with E-state index in [9.17, 15) is 9.59 Å². The molecule has 2 amide bonds. The van der Waals surface area contributed by atoms with E-state index in [1.165, 1.54) is 0 Å². The highest BCUT2D eigenvalue weighted by Crippen LogP contribution is 2.27. The van der Waals surface area contributed by atoms with Gasteiger partial charge in [0.05, 0.1) is 0 Å². The maximum atomic E-state index is 12.7. The van der Waals surface area contributed by atoms with Gasteiger partial charge in [-0.3, -0.25) is 9.59 Å². The Balaban J connectivity index is 1.73. The summed E-state index contributed by atoms with van der Waals surface area (Å²) in [4.78, 5) is 24.5. The van der Waals surface area contributed by atoms with E-state index in [0.717, 1.165) is 16.8 Å². The highest BCUT2D eigenvalue weighted by atomic mass is 16.2. The Morgan fingerprint density at radius 3 is 2.32 bits per heavy atom. The van der Waals surface area contributed by atoms with E-state index in [4.69, 9.17) is 0 Å². The smallest absolute Gasteiger partial charge is 0.251 e. The summed E-state index contributed by atoms with van der Waals surface area (Å²) < 4.78 is 0. The normalized spacial score (nSPS) is 11.4. The van der Waals surface area contributed by atoms with Crippen LogP contribution >= 0.6 is 0 Å². The summed E-state index contributed by atoms with van der Waals surface area (Å²) in [6, 6.07) is 24.2. The second-order valence-electron chi connectivity index (χ2n) is 6.43. The maximum absolute atomic E-state index is 12.7. The molecule has 0 aromatic heterocycles. The molecule has 3 aromatic carbocycles. The summed E-state index contributed by atoms with van der Waals surface area (Å²) in [5, 5.41) is 8.74. The molecule has 0 aliphatic rings. The molecular formula is C23H23N3O2. The zero-order chi connectivity index (χ0) is 19.9. The number of amides is 2. The van der Waals surface area contributed by atoms with E-state index in [2.05, 4.69) is 16.0 Å². The van der Waals surface area contributed by atoms with Crippen LogP contribution in [0.2, 0.25) is 0 Å². The number of benzene rings is 3. The molecule has 0 heterocycles. The Hall–Kier alpha value is -3.60. The minimum Gasteiger partial charge on any atom is -0.374 e. The SMILES string of the molecule is CNC(=O)c1cccc(N[C@@H](C)C(=O)Nc2ccccc2-c2ccccc2)c1. The van der Waals surface area contributed by atoms with Gasteiger partial charge < -0.3 is 16.0 Å². The molecule has 0 aliphatic carbocycles. The third kappa shape index (κ3) is 4.57. The molecule has 142 valence electrons. The first-order chi connectivity index (χ1) is 13.6. The van der Waals surface area contributed by atoms with Gasteiger partial charge in [-0.25, -0.2) is 0 Å². The first-order valence-corrected chi connectivity index (χ1v) is 9.12. The van der Waals surface area contributed by atoms with Crippen LogP contribution in [0.15, 0.2) is 78.9 Å². The van der Waals surface area contributed by atoms with Gasteiger partial charge in [0.2, 0.25) is 5.91 Å². The summed E-state index contributed by atoms with van der Waals surface area (Å²) in [6.45, 7) is 1.78. The third-order valence-electron chi connectivity index (χ3n) is 4.40. The molecule has 5 nitrogen and oxygen atoms in total. The highest BCUT2D eigenvalue weighted by Gasteiger charge is 2.15. The molecular weight excluding hydrogens is 350 g/mol. The fourth-order valence-electron chi connectivity index (χ4n) is 2.91. The standard InChI is InChI=1S/C23H23N3O2/c1-16(25-19-12-8-11-18(15-19)23(28)24-2)22(27)26-21-14-7-6-13-20(21)17-9-4-3-5-10-17/h3-16,25H,1-2H3,(H,24,28)(H,26,27)/t16-/m0/s1. The Labute approximate surface area is 164 Å². The van der Waals surface area contributed by atoms with Gasteiger partial charge in [-0.05, 0) is 36.8 Å². The van der Waals surface area contributed by atoms with Crippen molar-refractivity contribution in [2.45, 2.75) is 13.0 Å². The van der Waals surface area contributed by atoms with Crippen molar-refractivity contribution in [3.8, 4) is 11.1 Å². The highest BCUT2D eigenvalue weighted by molar-refractivity contribution is 6.00. The molecule has 0 unspecified atom stereocenters. The fraction of sp³-hybridized carbons (Fsp3) is 0.130. The number of hydrogen-bond acceptors (Lipinski definition) is 3. The summed E-state index contributed by atoms with van der Waals surface area (Å²) in [5.41, 5.74) is 4.00. The zero-order valence-electron chi connectivity index (χ0n) is 15.9. The average molecular weight is 373 g/mol. The van der Waals surface area contributed by atoms with Crippen molar-refractivity contribution >= 4 is 23.2 Å². The van der Waals surface area contributed by atoms with Crippen molar-refractivity contribution in [2.75, 3.05) is 17.7 Å². The minimum absolute atomic E-state index is 0.159. The van der Waals surface area contributed by atoms with Crippen LogP contribution in [0.1, 0.15) is 17.3 Å². The second-order valence-corrected chi connectivity index (χ2v) is 6.43. The van der Waals surface area contributed by atoms with Crippen LogP contribution in [0.4, 0.5) is 11.4 Å². The number of anilines is 2. The van der Waals surface area contributed by atoms with Gasteiger partial charge in [0.25, 0.3) is 5.91 Å². The summed E-state index contributed by atoms with van der Waals surface area (Å²) >= 11 is 0. The van der Waals surface area contributed by atoms with Crippen molar-refractivity contribution in [1.82, 2.24) is 5.32 Å². The number of carbonyl (C=O) groups is 2. The Bertz CT molecular complexity index is 970. The van der Waals surface area contributed by atoms with E-state index in [1.54, 1.807) is 32.2 Å². The number of rotatable bonds is 6. The van der Waals surface area contributed by atoms with Gasteiger partial charge in [-0.15, -0.1) is 0 Å². The molecule has 0 spiro atoms. The number of para-hydroxylation sites is 1. The van der Waals surface area contributed by atoms with Gasteiger partial charge in [0.15, 0.2) is 0 Å². The van der Waals surface area contributed by atoms with Gasteiger partial charge in [-0.2, -0.15) is 0 Å². The lowest BCUT2D eigenvalue weighted by molar-refractivity contribution is -0.116. The van der Waals surface area contributed by atoms with Crippen molar-refractivity contribution in [1.29, 1.82) is 0 Å². The number of hydrogen-bond donors (Lipinski definition) is 3. The quantitative estimate of drug-likeness (QED) is 0.608. The molecule has 0 saturated carbocycles. The van der Waals surface area contributed by atoms with Crippen molar-refractivity contribution in [3.05, 3.63) is 84.4 Å². The van der Waals surface area contributed by atoms with Crippen molar-refractivity contribution in [3.63, 3.8) is 0 Å². The van der Waals surface area contributed by atoms with Crippen LogP contribution in [-0.4, -0.2) is 24.9 Å². The van der Waals surface area contributed by atoms with Crippen LogP contribution < -0.4 is 16.0 Å². The largest absolute Gasteiger partial charge is 0.374 e. The predicted octanol–water partition coefficient (Wildman–Crippen LogP) is 4.15. The van der Waals surface area contributed by atoms with Crippen LogP contribution in [0.3, 0.4) is 0 Å². The Kier molecular flexibility index (Phi) is 6.07. The van der Waals surface area contributed by atoms with Gasteiger partial charge >= 0.3 is 0 Å². The molecule has 0 radical (unpaired) electrons. The summed E-state index contributed by atoms with van der Waals surface area (Å²) in [5.74, 6) is -0.328. The lowest BCUT2D eigenvalue weighted by atomic mass is 10.0. The topological polar surface area (TPSA) is 70.2 Å². The second kappa shape index (κ2) is 8.86. The molecule has 1 atom stereocenters. The van der Waals surface area contributed by atoms with Gasteiger partial charge in [0.1, 0.15) is 6.04 Å². The third-order valence-corrected chi connectivity index (χ3v) is 4.40. The molecule has 0 bridgehead atoms. The number of carbonyl (C=O) groups excluding carboxylic acids is 2. The molecule has 0 saturated heterocycles.